The second-order valence-corrected chi connectivity index (χ2v) is 4.15. The molecule has 0 radical (unpaired) electrons. The lowest BCUT2D eigenvalue weighted by Gasteiger charge is -2.27. The minimum atomic E-state index is -1.02. The van der Waals surface area contributed by atoms with Crippen LogP contribution in [0.15, 0.2) is 12.2 Å². The Morgan fingerprint density at radius 3 is 2.14 bits per heavy atom. The molecule has 0 aromatic heterocycles. The number of allylic oxidation sites excluding steroid dienone is 1. The van der Waals surface area contributed by atoms with Crippen molar-refractivity contribution >= 4 is 11.9 Å². The van der Waals surface area contributed by atoms with Gasteiger partial charge in [-0.1, -0.05) is 26.8 Å². The molecule has 2 N–H and O–H groups in total. The van der Waals surface area contributed by atoms with Gasteiger partial charge in [-0.3, -0.25) is 4.79 Å². The lowest BCUT2D eigenvalue weighted by molar-refractivity contribution is -0.144. The van der Waals surface area contributed by atoms with E-state index in [1.165, 1.54) is 6.08 Å². The Kier molecular flexibility index (Phi) is 4.34. The van der Waals surface area contributed by atoms with Crippen molar-refractivity contribution in [1.82, 2.24) is 5.32 Å². The Balaban J connectivity index is 4.56. The molecular weight excluding hydrogens is 182 g/mol. The topological polar surface area (TPSA) is 66.4 Å². The Hall–Kier alpha value is -1.32. The van der Waals surface area contributed by atoms with E-state index >= 15 is 0 Å². The Labute approximate surface area is 84.0 Å². The Morgan fingerprint density at radius 1 is 1.36 bits per heavy atom. The largest absolute Gasteiger partial charge is 0.480 e. The number of hydrogen-bond donors (Lipinski definition) is 2. The first-order valence-corrected chi connectivity index (χ1v) is 4.45. The standard InChI is InChI=1S/C10H17NO3/c1-5-6-7(12)11-8(9(13)14)10(2,3)4/h5-6,8H,1-4H3,(H,11,12)(H,13,14)/t8-/m1/s1. The number of aliphatic carboxylic acids is 1. The molecule has 80 valence electrons. The SMILES string of the molecule is CC=CC(=O)N[C@H](C(=O)O)C(C)(C)C. The van der Waals surface area contributed by atoms with Crippen molar-refractivity contribution in [2.75, 3.05) is 0 Å². The van der Waals surface area contributed by atoms with E-state index in [1.54, 1.807) is 33.8 Å². The monoisotopic (exact) mass is 199 g/mol. The number of hydrogen-bond acceptors (Lipinski definition) is 2. The van der Waals surface area contributed by atoms with Crippen molar-refractivity contribution in [1.29, 1.82) is 0 Å². The first-order chi connectivity index (χ1) is 6.29. The van der Waals surface area contributed by atoms with Crippen LogP contribution < -0.4 is 5.32 Å². The predicted octanol–water partition coefficient (Wildman–Crippen LogP) is 1.18. The van der Waals surface area contributed by atoms with Gasteiger partial charge in [-0.05, 0) is 18.4 Å². The van der Waals surface area contributed by atoms with Crippen molar-refractivity contribution in [2.45, 2.75) is 33.7 Å². The second-order valence-electron chi connectivity index (χ2n) is 4.15. The summed E-state index contributed by atoms with van der Waals surface area (Å²) in [6.45, 7) is 7.00. The fourth-order valence-electron chi connectivity index (χ4n) is 0.990. The molecule has 0 rings (SSSR count). The molecule has 0 aromatic carbocycles. The summed E-state index contributed by atoms with van der Waals surface area (Å²) in [5, 5.41) is 11.3. The Morgan fingerprint density at radius 2 is 1.86 bits per heavy atom. The maximum absolute atomic E-state index is 11.1. The van der Waals surface area contributed by atoms with Crippen LogP contribution in [0.1, 0.15) is 27.7 Å². The molecule has 1 atom stereocenters. The van der Waals surface area contributed by atoms with Gasteiger partial charge < -0.3 is 10.4 Å². The number of amides is 1. The van der Waals surface area contributed by atoms with Gasteiger partial charge in [0.25, 0.3) is 0 Å². The fourth-order valence-corrected chi connectivity index (χ4v) is 0.990. The number of nitrogens with one attached hydrogen (secondary N) is 1. The zero-order chi connectivity index (χ0) is 11.4. The van der Waals surface area contributed by atoms with Gasteiger partial charge in [-0.25, -0.2) is 4.79 Å². The van der Waals surface area contributed by atoms with Gasteiger partial charge in [0.1, 0.15) is 6.04 Å². The van der Waals surface area contributed by atoms with Crippen LogP contribution in [0.5, 0.6) is 0 Å². The third kappa shape index (κ3) is 4.07. The molecule has 14 heavy (non-hydrogen) atoms. The third-order valence-corrected chi connectivity index (χ3v) is 1.72. The average molecular weight is 199 g/mol. The average Bonchev–Trinajstić information content (AvgIpc) is 1.98. The maximum Gasteiger partial charge on any atom is 0.326 e. The van der Waals surface area contributed by atoms with Gasteiger partial charge in [0, 0.05) is 0 Å². The van der Waals surface area contributed by atoms with Crippen LogP contribution in [0.3, 0.4) is 0 Å². The van der Waals surface area contributed by atoms with Gasteiger partial charge in [-0.2, -0.15) is 0 Å². The minimum absolute atomic E-state index is 0.380. The first-order valence-electron chi connectivity index (χ1n) is 4.45. The van der Waals surface area contributed by atoms with Crippen molar-refractivity contribution in [2.24, 2.45) is 5.41 Å². The van der Waals surface area contributed by atoms with E-state index in [-0.39, 0.29) is 5.91 Å². The summed E-state index contributed by atoms with van der Waals surface area (Å²) in [5.41, 5.74) is -0.497. The molecule has 4 heteroatoms. The molecule has 0 aliphatic carbocycles. The summed E-state index contributed by atoms with van der Waals surface area (Å²) < 4.78 is 0. The zero-order valence-electron chi connectivity index (χ0n) is 9.00. The molecular formula is C10H17NO3. The van der Waals surface area contributed by atoms with Crippen LogP contribution in [0.2, 0.25) is 0 Å². The predicted molar refractivity (Wildman–Crippen MR) is 53.8 cm³/mol. The van der Waals surface area contributed by atoms with E-state index < -0.39 is 17.4 Å². The number of carboxylic acid groups (broad SMARTS) is 1. The normalized spacial score (nSPS) is 14.0. The molecule has 1 amide bonds. The zero-order valence-corrected chi connectivity index (χ0v) is 9.00. The highest BCUT2D eigenvalue weighted by Crippen LogP contribution is 2.19. The molecule has 0 aliphatic heterocycles. The van der Waals surface area contributed by atoms with Gasteiger partial charge in [-0.15, -0.1) is 0 Å². The molecule has 0 unspecified atom stereocenters. The van der Waals surface area contributed by atoms with Gasteiger partial charge in [0.15, 0.2) is 0 Å². The van der Waals surface area contributed by atoms with E-state index in [0.717, 1.165) is 0 Å². The van der Waals surface area contributed by atoms with Crippen LogP contribution >= 0.6 is 0 Å². The minimum Gasteiger partial charge on any atom is -0.480 e. The van der Waals surface area contributed by atoms with Crippen LogP contribution in [0.25, 0.3) is 0 Å². The highest BCUT2D eigenvalue weighted by molar-refractivity contribution is 5.91. The molecule has 0 bridgehead atoms. The molecule has 0 spiro atoms. The summed E-state index contributed by atoms with van der Waals surface area (Å²) in [4.78, 5) is 22.0. The van der Waals surface area contributed by atoms with Crippen LogP contribution in [-0.2, 0) is 9.59 Å². The molecule has 0 saturated heterocycles. The summed E-state index contributed by atoms with van der Waals surface area (Å²) in [5.74, 6) is -1.40. The lowest BCUT2D eigenvalue weighted by atomic mass is 9.87. The summed E-state index contributed by atoms with van der Waals surface area (Å²) in [6.07, 6.45) is 2.87. The number of carboxylic acids is 1. The number of rotatable bonds is 3. The van der Waals surface area contributed by atoms with Gasteiger partial charge >= 0.3 is 5.97 Å². The molecule has 4 nitrogen and oxygen atoms in total. The quantitative estimate of drug-likeness (QED) is 0.671. The van der Waals surface area contributed by atoms with E-state index in [0.29, 0.717) is 0 Å². The molecule has 0 aromatic rings. The number of carbonyl (C=O) groups is 2. The highest BCUT2D eigenvalue weighted by Gasteiger charge is 2.31. The van der Waals surface area contributed by atoms with E-state index in [9.17, 15) is 9.59 Å². The fraction of sp³-hybridized carbons (Fsp3) is 0.600. The van der Waals surface area contributed by atoms with Crippen LogP contribution in [0.4, 0.5) is 0 Å². The maximum atomic E-state index is 11.1. The smallest absolute Gasteiger partial charge is 0.326 e. The van der Waals surface area contributed by atoms with Crippen molar-refractivity contribution < 1.29 is 14.7 Å². The molecule has 0 heterocycles. The first kappa shape index (κ1) is 12.7. The van der Waals surface area contributed by atoms with Crippen LogP contribution in [0, 0.1) is 5.41 Å². The molecule has 0 saturated carbocycles. The van der Waals surface area contributed by atoms with Crippen molar-refractivity contribution in [3.63, 3.8) is 0 Å². The number of carbonyl (C=O) groups excluding carboxylic acids is 1. The Bertz CT molecular complexity index is 251. The summed E-state index contributed by atoms with van der Waals surface area (Å²) >= 11 is 0. The van der Waals surface area contributed by atoms with Crippen molar-refractivity contribution in [3.8, 4) is 0 Å². The van der Waals surface area contributed by atoms with Crippen LogP contribution in [-0.4, -0.2) is 23.0 Å². The highest BCUT2D eigenvalue weighted by atomic mass is 16.4. The lowest BCUT2D eigenvalue weighted by Crippen LogP contribution is -2.48. The van der Waals surface area contributed by atoms with Gasteiger partial charge in [0.2, 0.25) is 5.91 Å². The summed E-state index contributed by atoms with van der Waals surface area (Å²) in [6, 6.07) is -0.869. The van der Waals surface area contributed by atoms with E-state index in [4.69, 9.17) is 5.11 Å². The molecule has 0 fully saturated rings. The van der Waals surface area contributed by atoms with E-state index in [1.807, 2.05) is 0 Å². The second kappa shape index (κ2) is 4.79. The summed E-state index contributed by atoms with van der Waals surface area (Å²) in [7, 11) is 0. The van der Waals surface area contributed by atoms with E-state index in [2.05, 4.69) is 5.32 Å². The van der Waals surface area contributed by atoms with Crippen molar-refractivity contribution in [3.05, 3.63) is 12.2 Å². The van der Waals surface area contributed by atoms with Gasteiger partial charge in [0.05, 0.1) is 0 Å². The third-order valence-electron chi connectivity index (χ3n) is 1.72. The molecule has 0 aliphatic rings.